The van der Waals surface area contributed by atoms with Gasteiger partial charge in [0.1, 0.15) is 0 Å². The molecule has 0 saturated carbocycles. The van der Waals surface area contributed by atoms with Crippen LogP contribution < -0.4 is 5.32 Å². The quantitative estimate of drug-likeness (QED) is 0.524. The second kappa shape index (κ2) is 10.9. The van der Waals surface area contributed by atoms with Gasteiger partial charge in [-0.25, -0.2) is 0 Å². The molecule has 2 aliphatic heterocycles. The number of amides is 1. The zero-order valence-corrected chi connectivity index (χ0v) is 17.7. The summed E-state index contributed by atoms with van der Waals surface area (Å²) in [4.78, 5) is 24.0. The predicted molar refractivity (Wildman–Crippen MR) is 110 cm³/mol. The third-order valence-corrected chi connectivity index (χ3v) is 5.45. The van der Waals surface area contributed by atoms with Crippen LogP contribution >= 0.6 is 0 Å². The molecule has 27 heavy (non-hydrogen) atoms. The van der Waals surface area contributed by atoms with Gasteiger partial charge in [0.05, 0.1) is 6.54 Å². The summed E-state index contributed by atoms with van der Waals surface area (Å²) in [5.41, 5.74) is 0. The molecule has 2 N–H and O–H groups in total. The SMILES string of the molecule is CCNC(=NCC(C)CO)N1CCN(CC(=O)N2CC(C)CC(C)C2)CC1. The number of aliphatic imine (C=N–C) groups is 1. The van der Waals surface area contributed by atoms with Crippen molar-refractivity contribution in [2.75, 3.05) is 65.5 Å². The van der Waals surface area contributed by atoms with E-state index in [4.69, 9.17) is 0 Å². The number of hydrogen-bond acceptors (Lipinski definition) is 4. The normalized spacial score (nSPS) is 26.2. The number of nitrogens with one attached hydrogen (secondary N) is 1. The average molecular weight is 382 g/mol. The van der Waals surface area contributed by atoms with E-state index in [9.17, 15) is 9.90 Å². The number of rotatable bonds is 6. The number of piperazine rings is 1. The number of aliphatic hydroxyl groups excluding tert-OH is 1. The van der Waals surface area contributed by atoms with Gasteiger partial charge in [-0.15, -0.1) is 0 Å². The van der Waals surface area contributed by atoms with Crippen LogP contribution in [0.5, 0.6) is 0 Å². The fourth-order valence-corrected chi connectivity index (χ4v) is 4.00. The van der Waals surface area contributed by atoms with Crippen LogP contribution in [0.2, 0.25) is 0 Å². The lowest BCUT2D eigenvalue weighted by atomic mass is 9.92. The van der Waals surface area contributed by atoms with Gasteiger partial charge >= 0.3 is 0 Å². The van der Waals surface area contributed by atoms with Crippen molar-refractivity contribution in [1.82, 2.24) is 20.0 Å². The summed E-state index contributed by atoms with van der Waals surface area (Å²) >= 11 is 0. The Morgan fingerprint density at radius 2 is 1.78 bits per heavy atom. The van der Waals surface area contributed by atoms with Gasteiger partial charge in [0.2, 0.25) is 5.91 Å². The van der Waals surface area contributed by atoms with Gasteiger partial charge < -0.3 is 20.2 Å². The molecule has 0 spiro atoms. The van der Waals surface area contributed by atoms with Crippen LogP contribution in [-0.2, 0) is 4.79 Å². The van der Waals surface area contributed by atoms with Crippen LogP contribution in [-0.4, -0.2) is 97.2 Å². The van der Waals surface area contributed by atoms with Crippen molar-refractivity contribution >= 4 is 11.9 Å². The number of guanidine groups is 1. The Morgan fingerprint density at radius 3 is 2.33 bits per heavy atom. The second-order valence-electron chi connectivity index (χ2n) is 8.49. The minimum Gasteiger partial charge on any atom is -0.396 e. The maximum absolute atomic E-state index is 12.7. The van der Waals surface area contributed by atoms with E-state index in [0.29, 0.717) is 24.9 Å². The van der Waals surface area contributed by atoms with E-state index in [1.165, 1.54) is 6.42 Å². The number of nitrogens with zero attached hydrogens (tertiary/aromatic N) is 4. The topological polar surface area (TPSA) is 71.4 Å². The van der Waals surface area contributed by atoms with Crippen LogP contribution in [0.1, 0.15) is 34.1 Å². The van der Waals surface area contributed by atoms with Crippen LogP contribution in [0.4, 0.5) is 0 Å². The van der Waals surface area contributed by atoms with Gasteiger partial charge in [-0.3, -0.25) is 14.7 Å². The largest absolute Gasteiger partial charge is 0.396 e. The standard InChI is InChI=1S/C20H39N5O2/c1-5-21-20(22-11-18(4)15-26)24-8-6-23(7-9-24)14-19(27)25-12-16(2)10-17(3)13-25/h16-18,26H,5-15H2,1-4H3,(H,21,22). The molecule has 0 radical (unpaired) electrons. The van der Waals surface area contributed by atoms with E-state index in [2.05, 4.69) is 45.8 Å². The minimum atomic E-state index is 0.159. The number of piperidine rings is 1. The third-order valence-electron chi connectivity index (χ3n) is 5.45. The molecule has 7 nitrogen and oxygen atoms in total. The summed E-state index contributed by atoms with van der Waals surface area (Å²) in [7, 11) is 0. The highest BCUT2D eigenvalue weighted by atomic mass is 16.3. The van der Waals surface area contributed by atoms with Crippen molar-refractivity contribution in [2.24, 2.45) is 22.7 Å². The summed E-state index contributed by atoms with van der Waals surface area (Å²) < 4.78 is 0. The molecule has 3 unspecified atom stereocenters. The number of hydrogen-bond donors (Lipinski definition) is 2. The molecule has 0 aromatic carbocycles. The molecule has 0 bridgehead atoms. The minimum absolute atomic E-state index is 0.159. The molecule has 0 aromatic rings. The molecule has 2 heterocycles. The Bertz CT molecular complexity index is 481. The van der Waals surface area contributed by atoms with Gasteiger partial charge in [-0.2, -0.15) is 0 Å². The van der Waals surface area contributed by atoms with E-state index >= 15 is 0 Å². The van der Waals surface area contributed by atoms with Crippen LogP contribution in [0.25, 0.3) is 0 Å². The monoisotopic (exact) mass is 381 g/mol. The molecule has 2 aliphatic rings. The molecule has 0 aliphatic carbocycles. The lowest BCUT2D eigenvalue weighted by molar-refractivity contribution is -0.135. The van der Waals surface area contributed by atoms with Crippen LogP contribution in [0.3, 0.4) is 0 Å². The molecule has 7 heteroatoms. The summed E-state index contributed by atoms with van der Waals surface area (Å²) in [6.07, 6.45) is 1.23. The number of carbonyl (C=O) groups excluding carboxylic acids is 1. The van der Waals surface area contributed by atoms with E-state index in [-0.39, 0.29) is 18.4 Å². The first-order chi connectivity index (χ1) is 12.9. The zero-order valence-electron chi connectivity index (χ0n) is 17.7. The first-order valence-corrected chi connectivity index (χ1v) is 10.6. The Hall–Kier alpha value is -1.34. The Balaban J connectivity index is 1.82. The lowest BCUT2D eigenvalue weighted by Crippen LogP contribution is -2.55. The van der Waals surface area contributed by atoms with Gasteiger partial charge in [0.15, 0.2) is 5.96 Å². The molecule has 2 rings (SSSR count). The van der Waals surface area contributed by atoms with E-state index in [0.717, 1.165) is 51.8 Å². The Morgan fingerprint density at radius 1 is 1.15 bits per heavy atom. The number of carbonyl (C=O) groups is 1. The van der Waals surface area contributed by atoms with Crippen LogP contribution in [0, 0.1) is 17.8 Å². The van der Waals surface area contributed by atoms with Crippen LogP contribution in [0.15, 0.2) is 4.99 Å². The first kappa shape index (κ1) is 22.0. The maximum atomic E-state index is 12.7. The zero-order chi connectivity index (χ0) is 19.8. The van der Waals surface area contributed by atoms with Gasteiger partial charge in [0, 0.05) is 59.0 Å². The highest BCUT2D eigenvalue weighted by molar-refractivity contribution is 5.80. The summed E-state index contributed by atoms with van der Waals surface area (Å²) in [6.45, 7) is 16.0. The molecule has 3 atom stereocenters. The van der Waals surface area contributed by atoms with E-state index < -0.39 is 0 Å². The molecular formula is C20H39N5O2. The maximum Gasteiger partial charge on any atom is 0.236 e. The smallest absolute Gasteiger partial charge is 0.236 e. The molecule has 2 fully saturated rings. The summed E-state index contributed by atoms with van der Waals surface area (Å²) in [5, 5.41) is 12.6. The van der Waals surface area contributed by atoms with Crippen molar-refractivity contribution in [1.29, 1.82) is 0 Å². The Kier molecular flexibility index (Phi) is 8.83. The Labute approximate surface area is 164 Å². The fourth-order valence-electron chi connectivity index (χ4n) is 4.00. The van der Waals surface area contributed by atoms with Crippen molar-refractivity contribution in [3.63, 3.8) is 0 Å². The van der Waals surface area contributed by atoms with E-state index in [1.807, 2.05) is 6.92 Å². The highest BCUT2D eigenvalue weighted by Gasteiger charge is 2.28. The molecule has 0 aromatic heterocycles. The van der Waals surface area contributed by atoms with Crippen molar-refractivity contribution < 1.29 is 9.90 Å². The van der Waals surface area contributed by atoms with Gasteiger partial charge in [-0.05, 0) is 31.1 Å². The number of likely N-dealkylation sites (tertiary alicyclic amines) is 1. The van der Waals surface area contributed by atoms with Gasteiger partial charge in [-0.1, -0.05) is 20.8 Å². The highest BCUT2D eigenvalue weighted by Crippen LogP contribution is 2.21. The predicted octanol–water partition coefficient (Wildman–Crippen LogP) is 0.702. The second-order valence-corrected chi connectivity index (χ2v) is 8.49. The average Bonchev–Trinajstić information content (AvgIpc) is 2.64. The summed E-state index contributed by atoms with van der Waals surface area (Å²) in [6, 6.07) is 0. The van der Waals surface area contributed by atoms with Crippen molar-refractivity contribution in [2.45, 2.75) is 34.1 Å². The van der Waals surface area contributed by atoms with Crippen molar-refractivity contribution in [3.8, 4) is 0 Å². The first-order valence-electron chi connectivity index (χ1n) is 10.6. The number of aliphatic hydroxyl groups is 1. The van der Waals surface area contributed by atoms with Gasteiger partial charge in [0.25, 0.3) is 0 Å². The molecule has 1 amide bonds. The van der Waals surface area contributed by atoms with E-state index in [1.54, 1.807) is 0 Å². The summed E-state index contributed by atoms with van der Waals surface area (Å²) in [5.74, 6) is 2.58. The fraction of sp³-hybridized carbons (Fsp3) is 0.900. The molecular weight excluding hydrogens is 342 g/mol. The molecule has 156 valence electrons. The lowest BCUT2D eigenvalue weighted by Gasteiger charge is -2.39. The molecule has 2 saturated heterocycles. The van der Waals surface area contributed by atoms with Crippen molar-refractivity contribution in [3.05, 3.63) is 0 Å². The third kappa shape index (κ3) is 6.96.